The fraction of sp³-hybridized carbons (Fsp3) is 0.263. The van der Waals surface area contributed by atoms with Crippen LogP contribution >= 0.6 is 11.6 Å². The Morgan fingerprint density at radius 2 is 1.89 bits per heavy atom. The number of nitrogens with zero attached hydrogens (tertiary/aromatic N) is 2. The molecule has 1 fully saturated rings. The molecule has 142 valence electrons. The zero-order chi connectivity index (χ0) is 19.8. The van der Waals surface area contributed by atoms with E-state index in [1.54, 1.807) is 14.0 Å². The number of rotatable bonds is 4. The fourth-order valence-corrected chi connectivity index (χ4v) is 5.04. The summed E-state index contributed by atoms with van der Waals surface area (Å²) in [5.74, 6) is -1.73. The van der Waals surface area contributed by atoms with E-state index in [0.29, 0.717) is 6.54 Å². The van der Waals surface area contributed by atoms with E-state index in [4.69, 9.17) is 11.6 Å². The number of hydrogen-bond acceptors (Lipinski definition) is 4. The maximum Gasteiger partial charge on any atom is 0.255 e. The summed E-state index contributed by atoms with van der Waals surface area (Å²) in [5.41, 5.74) is 1.23. The fourth-order valence-electron chi connectivity index (χ4n) is 3.03. The Labute approximate surface area is 163 Å². The van der Waals surface area contributed by atoms with Gasteiger partial charge in [-0.1, -0.05) is 48.9 Å². The minimum Gasteiger partial charge on any atom is -0.337 e. The molecule has 1 heterocycles. The van der Waals surface area contributed by atoms with Crippen LogP contribution in [-0.2, 0) is 21.4 Å². The van der Waals surface area contributed by atoms with Crippen molar-refractivity contribution in [2.24, 2.45) is 5.92 Å². The molecule has 1 unspecified atom stereocenters. The monoisotopic (exact) mass is 406 g/mol. The lowest BCUT2D eigenvalue weighted by atomic mass is 10.1. The number of anilines is 1. The standard InChI is InChI=1S/C19H19ClN2O4S/c1-13-12-27(25,26)22(18(13)23)15-8-9-17(20)16(10-15)19(24)21(2)11-14-6-4-3-5-7-14/h3-10,13H,11-12H2,1-2H3. The van der Waals surface area contributed by atoms with E-state index in [-0.39, 0.29) is 27.9 Å². The van der Waals surface area contributed by atoms with Gasteiger partial charge in [-0.2, -0.15) is 0 Å². The highest BCUT2D eigenvalue weighted by Gasteiger charge is 2.42. The van der Waals surface area contributed by atoms with Crippen LogP contribution in [0.5, 0.6) is 0 Å². The van der Waals surface area contributed by atoms with Gasteiger partial charge in [0.2, 0.25) is 15.9 Å². The van der Waals surface area contributed by atoms with E-state index in [0.717, 1.165) is 9.87 Å². The van der Waals surface area contributed by atoms with Gasteiger partial charge in [0.05, 0.1) is 27.9 Å². The molecule has 0 radical (unpaired) electrons. The van der Waals surface area contributed by atoms with Crippen molar-refractivity contribution in [3.63, 3.8) is 0 Å². The number of amides is 2. The van der Waals surface area contributed by atoms with Gasteiger partial charge in [-0.05, 0) is 23.8 Å². The van der Waals surface area contributed by atoms with Crippen LogP contribution in [0.1, 0.15) is 22.8 Å². The van der Waals surface area contributed by atoms with Gasteiger partial charge in [-0.15, -0.1) is 0 Å². The summed E-state index contributed by atoms with van der Waals surface area (Å²) >= 11 is 6.18. The molecule has 0 aliphatic carbocycles. The van der Waals surface area contributed by atoms with Crippen molar-refractivity contribution < 1.29 is 18.0 Å². The average Bonchev–Trinajstić information content (AvgIpc) is 2.83. The van der Waals surface area contributed by atoms with Crippen LogP contribution in [0.4, 0.5) is 5.69 Å². The van der Waals surface area contributed by atoms with E-state index in [1.165, 1.54) is 23.1 Å². The quantitative estimate of drug-likeness (QED) is 0.782. The second-order valence-electron chi connectivity index (χ2n) is 6.59. The van der Waals surface area contributed by atoms with E-state index >= 15 is 0 Å². The maximum atomic E-state index is 12.8. The topological polar surface area (TPSA) is 74.8 Å². The minimum absolute atomic E-state index is 0.130. The highest BCUT2D eigenvalue weighted by Crippen LogP contribution is 2.31. The van der Waals surface area contributed by atoms with Crippen molar-refractivity contribution in [1.29, 1.82) is 0 Å². The van der Waals surface area contributed by atoms with Gasteiger partial charge < -0.3 is 4.90 Å². The molecule has 27 heavy (non-hydrogen) atoms. The van der Waals surface area contributed by atoms with Crippen LogP contribution in [0.3, 0.4) is 0 Å². The summed E-state index contributed by atoms with van der Waals surface area (Å²) in [4.78, 5) is 26.6. The molecule has 0 aromatic heterocycles. The lowest BCUT2D eigenvalue weighted by Crippen LogP contribution is -2.31. The zero-order valence-electron chi connectivity index (χ0n) is 14.9. The summed E-state index contributed by atoms with van der Waals surface area (Å²) < 4.78 is 25.4. The van der Waals surface area contributed by atoms with Crippen LogP contribution in [0.2, 0.25) is 5.02 Å². The predicted octanol–water partition coefficient (Wildman–Crippen LogP) is 2.92. The first-order valence-electron chi connectivity index (χ1n) is 8.36. The van der Waals surface area contributed by atoms with E-state index < -0.39 is 21.8 Å². The zero-order valence-corrected chi connectivity index (χ0v) is 16.5. The number of halogens is 1. The van der Waals surface area contributed by atoms with Crippen LogP contribution in [0, 0.1) is 5.92 Å². The van der Waals surface area contributed by atoms with Crippen LogP contribution in [0.25, 0.3) is 0 Å². The lowest BCUT2D eigenvalue weighted by molar-refractivity contribution is -0.119. The molecule has 1 atom stereocenters. The van der Waals surface area contributed by atoms with Gasteiger partial charge in [0, 0.05) is 13.6 Å². The Balaban J connectivity index is 1.92. The highest BCUT2D eigenvalue weighted by atomic mass is 35.5. The molecule has 0 spiro atoms. The van der Waals surface area contributed by atoms with E-state index in [1.807, 2.05) is 30.3 Å². The van der Waals surface area contributed by atoms with Crippen LogP contribution in [-0.4, -0.2) is 37.9 Å². The Hall–Kier alpha value is -2.38. The van der Waals surface area contributed by atoms with Crippen molar-refractivity contribution >= 4 is 39.1 Å². The first kappa shape index (κ1) is 19.4. The number of benzene rings is 2. The van der Waals surface area contributed by atoms with Crippen molar-refractivity contribution in [2.45, 2.75) is 13.5 Å². The van der Waals surface area contributed by atoms with Gasteiger partial charge in [-0.25, -0.2) is 12.7 Å². The molecule has 1 aliphatic heterocycles. The Bertz CT molecular complexity index is 992. The molecule has 1 aliphatic rings. The molecule has 1 saturated heterocycles. The third-order valence-electron chi connectivity index (χ3n) is 4.38. The van der Waals surface area contributed by atoms with Gasteiger partial charge in [-0.3, -0.25) is 9.59 Å². The third kappa shape index (κ3) is 3.84. The highest BCUT2D eigenvalue weighted by molar-refractivity contribution is 7.94. The smallest absolute Gasteiger partial charge is 0.255 e. The largest absolute Gasteiger partial charge is 0.337 e. The maximum absolute atomic E-state index is 12.8. The molecule has 3 rings (SSSR count). The predicted molar refractivity (Wildman–Crippen MR) is 104 cm³/mol. The molecule has 0 saturated carbocycles. The number of hydrogen-bond donors (Lipinski definition) is 0. The molecular formula is C19H19ClN2O4S. The molecule has 8 heteroatoms. The van der Waals surface area contributed by atoms with Gasteiger partial charge in [0.1, 0.15) is 0 Å². The Kier molecular flexibility index (Phi) is 5.26. The molecule has 0 bridgehead atoms. The lowest BCUT2D eigenvalue weighted by Gasteiger charge is -2.20. The van der Waals surface area contributed by atoms with Gasteiger partial charge >= 0.3 is 0 Å². The molecule has 2 aromatic rings. The van der Waals surface area contributed by atoms with Crippen molar-refractivity contribution in [2.75, 3.05) is 17.1 Å². The SMILES string of the molecule is CC1CS(=O)(=O)N(c2ccc(Cl)c(C(=O)N(C)Cc3ccccc3)c2)C1=O. The minimum atomic E-state index is -3.75. The summed E-state index contributed by atoms with van der Waals surface area (Å²) in [7, 11) is -2.11. The summed E-state index contributed by atoms with van der Waals surface area (Å²) in [6, 6.07) is 13.7. The first-order valence-corrected chi connectivity index (χ1v) is 10.3. The molecule has 6 nitrogen and oxygen atoms in total. The molecular weight excluding hydrogens is 388 g/mol. The Morgan fingerprint density at radius 3 is 2.48 bits per heavy atom. The van der Waals surface area contributed by atoms with Gasteiger partial charge in [0.25, 0.3) is 5.91 Å². The normalized spacial score (nSPS) is 18.6. The Morgan fingerprint density at radius 1 is 1.22 bits per heavy atom. The van der Waals surface area contributed by atoms with E-state index in [2.05, 4.69) is 0 Å². The average molecular weight is 407 g/mol. The first-order chi connectivity index (χ1) is 12.7. The summed E-state index contributed by atoms with van der Waals surface area (Å²) in [6.45, 7) is 1.94. The molecule has 2 aromatic carbocycles. The van der Waals surface area contributed by atoms with Crippen molar-refractivity contribution in [1.82, 2.24) is 4.90 Å². The number of sulfonamides is 1. The molecule has 2 amide bonds. The second kappa shape index (κ2) is 7.32. The number of carbonyl (C=O) groups excluding carboxylic acids is 2. The van der Waals surface area contributed by atoms with Crippen molar-refractivity contribution in [3.05, 3.63) is 64.7 Å². The third-order valence-corrected chi connectivity index (χ3v) is 6.58. The summed E-state index contributed by atoms with van der Waals surface area (Å²) in [5, 5.41) is 0.195. The summed E-state index contributed by atoms with van der Waals surface area (Å²) in [6.07, 6.45) is 0. The van der Waals surface area contributed by atoms with Crippen LogP contribution in [0.15, 0.2) is 48.5 Å². The second-order valence-corrected chi connectivity index (χ2v) is 8.86. The van der Waals surface area contributed by atoms with Crippen molar-refractivity contribution in [3.8, 4) is 0 Å². The van der Waals surface area contributed by atoms with Gasteiger partial charge in [0.15, 0.2) is 0 Å². The molecule has 0 N–H and O–H groups in total. The number of carbonyl (C=O) groups is 2. The van der Waals surface area contributed by atoms with E-state index in [9.17, 15) is 18.0 Å². The van der Waals surface area contributed by atoms with Crippen LogP contribution < -0.4 is 4.31 Å².